The van der Waals surface area contributed by atoms with Gasteiger partial charge < -0.3 is 15.4 Å². The maximum absolute atomic E-state index is 12.5. The Bertz CT molecular complexity index is 566. The molecular weight excluding hydrogens is 292 g/mol. The molecule has 21 heavy (non-hydrogen) atoms. The van der Waals surface area contributed by atoms with Crippen LogP contribution in [0.2, 0.25) is 5.02 Å². The summed E-state index contributed by atoms with van der Waals surface area (Å²) in [4.78, 5) is 25.1. The van der Waals surface area contributed by atoms with E-state index in [9.17, 15) is 9.59 Å². The average molecular weight is 311 g/mol. The first kappa shape index (κ1) is 15.6. The van der Waals surface area contributed by atoms with Gasteiger partial charge in [-0.15, -0.1) is 0 Å². The number of piperidine rings is 1. The van der Waals surface area contributed by atoms with Crippen LogP contribution in [0.3, 0.4) is 0 Å². The minimum atomic E-state index is -0.779. The van der Waals surface area contributed by atoms with Crippen LogP contribution in [0.4, 0.5) is 4.79 Å². The van der Waals surface area contributed by atoms with Crippen LogP contribution in [0.1, 0.15) is 35.7 Å². The van der Waals surface area contributed by atoms with E-state index in [0.717, 1.165) is 5.56 Å². The SMILES string of the molecule is Cc1ccc(C(=O)N2CCC(C)(OC(N)=O)CC2)c(Cl)c1. The molecule has 1 heterocycles. The maximum atomic E-state index is 12.5. The largest absolute Gasteiger partial charge is 0.443 e. The van der Waals surface area contributed by atoms with Crippen LogP contribution in [0.15, 0.2) is 18.2 Å². The molecule has 1 aromatic rings. The van der Waals surface area contributed by atoms with Crippen molar-refractivity contribution in [1.29, 1.82) is 0 Å². The van der Waals surface area contributed by atoms with Gasteiger partial charge in [0.25, 0.3) is 5.91 Å². The van der Waals surface area contributed by atoms with Crippen molar-refractivity contribution in [2.45, 2.75) is 32.3 Å². The zero-order valence-corrected chi connectivity index (χ0v) is 12.9. The third kappa shape index (κ3) is 3.67. The van der Waals surface area contributed by atoms with E-state index in [0.29, 0.717) is 36.5 Å². The Morgan fingerprint density at radius 2 is 1.95 bits per heavy atom. The number of halogens is 1. The lowest BCUT2D eigenvalue weighted by Gasteiger charge is -2.38. The summed E-state index contributed by atoms with van der Waals surface area (Å²) in [7, 11) is 0. The number of carbonyl (C=O) groups is 2. The van der Waals surface area contributed by atoms with Crippen molar-refractivity contribution in [3.05, 3.63) is 34.3 Å². The van der Waals surface area contributed by atoms with E-state index >= 15 is 0 Å². The fraction of sp³-hybridized carbons (Fsp3) is 0.467. The van der Waals surface area contributed by atoms with Gasteiger partial charge in [-0.1, -0.05) is 17.7 Å². The number of nitrogens with zero attached hydrogens (tertiary/aromatic N) is 1. The van der Waals surface area contributed by atoms with Gasteiger partial charge in [0, 0.05) is 25.9 Å². The minimum Gasteiger partial charge on any atom is -0.443 e. The highest BCUT2D eigenvalue weighted by molar-refractivity contribution is 6.33. The number of aryl methyl sites for hydroxylation is 1. The van der Waals surface area contributed by atoms with Crippen molar-refractivity contribution in [2.75, 3.05) is 13.1 Å². The summed E-state index contributed by atoms with van der Waals surface area (Å²) in [5.41, 5.74) is 5.98. The molecule has 0 unspecified atom stereocenters. The van der Waals surface area contributed by atoms with E-state index in [1.165, 1.54) is 0 Å². The van der Waals surface area contributed by atoms with Crippen LogP contribution in [0.25, 0.3) is 0 Å². The second-order valence-electron chi connectivity index (χ2n) is 5.65. The van der Waals surface area contributed by atoms with E-state index in [-0.39, 0.29) is 5.91 Å². The number of ether oxygens (including phenoxy) is 1. The predicted molar refractivity (Wildman–Crippen MR) is 80.4 cm³/mol. The lowest BCUT2D eigenvalue weighted by atomic mass is 9.93. The smallest absolute Gasteiger partial charge is 0.405 e. The van der Waals surface area contributed by atoms with Gasteiger partial charge in [0.05, 0.1) is 10.6 Å². The molecule has 0 aromatic heterocycles. The van der Waals surface area contributed by atoms with Crippen molar-refractivity contribution in [1.82, 2.24) is 4.90 Å². The average Bonchev–Trinajstić information content (AvgIpc) is 2.37. The van der Waals surface area contributed by atoms with Crippen LogP contribution in [-0.2, 0) is 4.74 Å². The minimum absolute atomic E-state index is 0.0962. The van der Waals surface area contributed by atoms with Crippen LogP contribution >= 0.6 is 11.6 Å². The van der Waals surface area contributed by atoms with Crippen molar-refractivity contribution >= 4 is 23.6 Å². The quantitative estimate of drug-likeness (QED) is 0.913. The lowest BCUT2D eigenvalue weighted by molar-refractivity contribution is -0.0143. The van der Waals surface area contributed by atoms with Crippen molar-refractivity contribution in [2.24, 2.45) is 5.73 Å². The van der Waals surface area contributed by atoms with Gasteiger partial charge in [-0.3, -0.25) is 4.79 Å². The Morgan fingerprint density at radius 3 is 2.48 bits per heavy atom. The Balaban J connectivity index is 2.05. The molecule has 1 aromatic carbocycles. The summed E-state index contributed by atoms with van der Waals surface area (Å²) in [6, 6.07) is 5.39. The Kier molecular flexibility index (Phi) is 4.42. The highest BCUT2D eigenvalue weighted by atomic mass is 35.5. The molecule has 2 N–H and O–H groups in total. The Labute approximate surface area is 129 Å². The summed E-state index contributed by atoms with van der Waals surface area (Å²) >= 11 is 6.14. The fourth-order valence-electron chi connectivity index (χ4n) is 2.49. The molecule has 1 aliphatic rings. The van der Waals surface area contributed by atoms with Crippen LogP contribution < -0.4 is 5.73 Å². The molecule has 0 aliphatic carbocycles. The lowest BCUT2D eigenvalue weighted by Crippen LogP contribution is -2.48. The van der Waals surface area contributed by atoms with E-state index in [4.69, 9.17) is 22.1 Å². The molecule has 5 nitrogen and oxygen atoms in total. The second-order valence-corrected chi connectivity index (χ2v) is 6.05. The third-order valence-corrected chi connectivity index (χ3v) is 4.12. The molecule has 1 saturated heterocycles. The number of likely N-dealkylation sites (tertiary alicyclic amines) is 1. The van der Waals surface area contributed by atoms with E-state index in [1.54, 1.807) is 17.0 Å². The monoisotopic (exact) mass is 310 g/mol. The summed E-state index contributed by atoms with van der Waals surface area (Å²) < 4.78 is 5.13. The topological polar surface area (TPSA) is 72.6 Å². The van der Waals surface area contributed by atoms with E-state index in [1.807, 2.05) is 19.9 Å². The van der Waals surface area contributed by atoms with Gasteiger partial charge in [0.2, 0.25) is 0 Å². The first-order valence-corrected chi connectivity index (χ1v) is 7.22. The van der Waals surface area contributed by atoms with Crippen molar-refractivity contribution < 1.29 is 14.3 Å². The van der Waals surface area contributed by atoms with Gasteiger partial charge in [-0.25, -0.2) is 4.79 Å². The van der Waals surface area contributed by atoms with Crippen molar-refractivity contribution in [3.63, 3.8) is 0 Å². The van der Waals surface area contributed by atoms with Gasteiger partial charge in [-0.05, 0) is 31.5 Å². The third-order valence-electron chi connectivity index (χ3n) is 3.81. The summed E-state index contributed by atoms with van der Waals surface area (Å²) in [6.45, 7) is 4.77. The number of hydrogen-bond acceptors (Lipinski definition) is 3. The van der Waals surface area contributed by atoms with Gasteiger partial charge in [-0.2, -0.15) is 0 Å². The zero-order valence-electron chi connectivity index (χ0n) is 12.2. The molecule has 1 aliphatic heterocycles. The predicted octanol–water partition coefficient (Wildman–Crippen LogP) is 2.74. The number of benzene rings is 1. The highest BCUT2D eigenvalue weighted by Crippen LogP contribution is 2.28. The van der Waals surface area contributed by atoms with Crippen LogP contribution in [-0.4, -0.2) is 35.6 Å². The Hall–Kier alpha value is -1.75. The van der Waals surface area contributed by atoms with E-state index in [2.05, 4.69) is 0 Å². The zero-order chi connectivity index (χ0) is 15.6. The fourth-order valence-corrected chi connectivity index (χ4v) is 2.81. The standard InChI is InChI=1S/C15H19ClN2O3/c1-10-3-4-11(12(16)9-10)13(19)18-7-5-15(2,6-8-18)21-14(17)20/h3-4,9H,5-8H2,1-2H3,(H2,17,20). The first-order chi connectivity index (χ1) is 9.81. The number of nitrogens with two attached hydrogens (primary N) is 1. The maximum Gasteiger partial charge on any atom is 0.405 e. The molecule has 114 valence electrons. The summed E-state index contributed by atoms with van der Waals surface area (Å²) in [5.74, 6) is -0.0962. The molecule has 2 amide bonds. The van der Waals surface area contributed by atoms with Gasteiger partial charge in [0.1, 0.15) is 5.60 Å². The molecule has 1 fully saturated rings. The highest BCUT2D eigenvalue weighted by Gasteiger charge is 2.35. The molecular formula is C15H19ClN2O3. The summed E-state index contributed by atoms with van der Waals surface area (Å²) in [6.07, 6.45) is 0.343. The first-order valence-electron chi connectivity index (χ1n) is 6.85. The molecule has 6 heteroatoms. The molecule has 0 spiro atoms. The number of primary amides is 1. The number of carbonyl (C=O) groups excluding carboxylic acids is 2. The molecule has 0 saturated carbocycles. The molecule has 0 atom stereocenters. The van der Waals surface area contributed by atoms with Crippen LogP contribution in [0.5, 0.6) is 0 Å². The number of rotatable bonds is 2. The van der Waals surface area contributed by atoms with E-state index < -0.39 is 11.7 Å². The number of amides is 2. The van der Waals surface area contributed by atoms with Crippen molar-refractivity contribution in [3.8, 4) is 0 Å². The molecule has 0 radical (unpaired) electrons. The Morgan fingerprint density at radius 1 is 1.33 bits per heavy atom. The number of hydrogen-bond donors (Lipinski definition) is 1. The van der Waals surface area contributed by atoms with Gasteiger partial charge in [0.15, 0.2) is 0 Å². The molecule has 2 rings (SSSR count). The molecule has 0 bridgehead atoms. The van der Waals surface area contributed by atoms with Gasteiger partial charge >= 0.3 is 6.09 Å². The second kappa shape index (κ2) is 5.93. The van der Waals surface area contributed by atoms with Crippen LogP contribution in [0, 0.1) is 6.92 Å². The normalized spacial score (nSPS) is 17.4. The summed E-state index contributed by atoms with van der Waals surface area (Å²) in [5, 5.41) is 0.460.